The zero-order valence-electron chi connectivity index (χ0n) is 13.1. The molecule has 0 bridgehead atoms. The summed E-state index contributed by atoms with van der Waals surface area (Å²) >= 11 is 0. The van der Waals surface area contributed by atoms with Crippen LogP contribution >= 0.6 is 0 Å². The van der Waals surface area contributed by atoms with E-state index in [1.165, 1.54) is 0 Å². The quantitative estimate of drug-likeness (QED) is 0.851. The summed E-state index contributed by atoms with van der Waals surface area (Å²) in [5.74, 6) is -1.08. The number of para-hydroxylation sites is 1. The van der Waals surface area contributed by atoms with E-state index in [4.69, 9.17) is 9.57 Å². The molecule has 0 spiro atoms. The van der Waals surface area contributed by atoms with E-state index >= 15 is 0 Å². The highest BCUT2D eigenvalue weighted by Crippen LogP contribution is 2.50. The molecule has 23 heavy (non-hydrogen) atoms. The first kappa shape index (κ1) is 14.2. The summed E-state index contributed by atoms with van der Waals surface area (Å²) in [7, 11) is 0. The van der Waals surface area contributed by atoms with Crippen molar-refractivity contribution in [1.29, 1.82) is 0 Å². The highest BCUT2D eigenvalue weighted by Gasteiger charge is 2.66. The van der Waals surface area contributed by atoms with Gasteiger partial charge in [0.2, 0.25) is 0 Å². The molecule has 2 aliphatic heterocycles. The average Bonchev–Trinajstić information content (AvgIpc) is 3.02. The van der Waals surface area contributed by atoms with Gasteiger partial charge in [0, 0.05) is 5.56 Å². The molecule has 1 unspecified atom stereocenters. The maximum Gasteiger partial charge on any atom is 0.437 e. The van der Waals surface area contributed by atoms with E-state index in [0.29, 0.717) is 6.61 Å². The van der Waals surface area contributed by atoms with E-state index in [-0.39, 0.29) is 0 Å². The molecule has 0 N–H and O–H groups in total. The second-order valence-electron chi connectivity index (χ2n) is 6.40. The summed E-state index contributed by atoms with van der Waals surface area (Å²) in [6.07, 6.45) is -0.437. The molecule has 1 atom stereocenters. The summed E-state index contributed by atoms with van der Waals surface area (Å²) < 4.78 is 6.21. The molecule has 118 valence electrons. The Morgan fingerprint density at radius 3 is 2.22 bits per heavy atom. The minimum atomic E-state index is -1.08. The van der Waals surface area contributed by atoms with Crippen LogP contribution in [-0.2, 0) is 15.4 Å². The molecular formula is C18H18N2O3. The largest absolute Gasteiger partial charge is 0.437 e. The molecule has 0 radical (unpaired) electrons. The van der Waals surface area contributed by atoms with Gasteiger partial charge in [-0.05, 0) is 26.0 Å². The number of carbonyl (C=O) groups is 1. The number of anilines is 1. The third kappa shape index (κ3) is 1.90. The van der Waals surface area contributed by atoms with Crippen LogP contribution in [0.5, 0.6) is 0 Å². The van der Waals surface area contributed by atoms with Gasteiger partial charge in [0.25, 0.3) is 5.85 Å². The Hall–Kier alpha value is -2.37. The Labute approximate surface area is 135 Å². The van der Waals surface area contributed by atoms with E-state index < -0.39 is 17.5 Å². The maximum absolute atomic E-state index is 12.6. The van der Waals surface area contributed by atoms with Gasteiger partial charge in [-0.15, -0.1) is 0 Å². The molecule has 2 aliphatic rings. The Kier molecular flexibility index (Phi) is 2.98. The van der Waals surface area contributed by atoms with Crippen molar-refractivity contribution in [2.24, 2.45) is 0 Å². The van der Waals surface area contributed by atoms with Crippen LogP contribution in [0.4, 0.5) is 10.5 Å². The topological polar surface area (TPSA) is 42.0 Å². The monoisotopic (exact) mass is 310 g/mol. The van der Waals surface area contributed by atoms with Gasteiger partial charge in [0.05, 0.1) is 17.8 Å². The normalized spacial score (nSPS) is 26.2. The molecule has 2 heterocycles. The first-order valence-corrected chi connectivity index (χ1v) is 7.63. The number of carbonyl (C=O) groups excluding carboxylic acids is 1. The third-order valence-electron chi connectivity index (χ3n) is 4.27. The van der Waals surface area contributed by atoms with E-state index in [9.17, 15) is 4.79 Å². The van der Waals surface area contributed by atoms with Crippen molar-refractivity contribution in [3.8, 4) is 0 Å². The van der Waals surface area contributed by atoms with Gasteiger partial charge in [-0.1, -0.05) is 53.6 Å². The fourth-order valence-corrected chi connectivity index (χ4v) is 3.23. The summed E-state index contributed by atoms with van der Waals surface area (Å²) in [6, 6.07) is 19.2. The first-order valence-electron chi connectivity index (χ1n) is 7.63. The van der Waals surface area contributed by atoms with Crippen LogP contribution in [0.2, 0.25) is 0 Å². The average molecular weight is 310 g/mol. The molecule has 1 amide bonds. The number of rotatable bonds is 2. The number of amides is 1. The lowest BCUT2D eigenvalue weighted by atomic mass is 10.0. The van der Waals surface area contributed by atoms with Gasteiger partial charge in [0.15, 0.2) is 0 Å². The number of fused-ring (bicyclic) bond motifs is 1. The van der Waals surface area contributed by atoms with E-state index in [0.717, 1.165) is 11.3 Å². The summed E-state index contributed by atoms with van der Waals surface area (Å²) in [5.41, 5.74) is 1.18. The predicted molar refractivity (Wildman–Crippen MR) is 85.4 cm³/mol. The molecule has 2 aromatic carbocycles. The SMILES string of the molecule is CC1(C)COC2(c3ccccc3)N(c3ccccc3)C(=O)ON12. The number of hydrogen-bond donors (Lipinski definition) is 0. The van der Waals surface area contributed by atoms with Crippen LogP contribution in [0.25, 0.3) is 0 Å². The molecule has 0 aliphatic carbocycles. The summed E-state index contributed by atoms with van der Waals surface area (Å²) in [6.45, 7) is 4.46. The van der Waals surface area contributed by atoms with Crippen LogP contribution < -0.4 is 4.90 Å². The molecule has 0 saturated carbocycles. The Morgan fingerprint density at radius 1 is 0.957 bits per heavy atom. The first-order chi connectivity index (χ1) is 11.1. The standard InChI is InChI=1S/C18H18N2O3/c1-17(2)13-22-18(14-9-5-3-6-10-14)19(16(21)23-20(17)18)15-11-7-4-8-12-15/h3-12H,13H2,1-2H3. The van der Waals surface area contributed by atoms with Gasteiger partial charge < -0.3 is 9.57 Å². The lowest BCUT2D eigenvalue weighted by Gasteiger charge is -2.36. The highest BCUT2D eigenvalue weighted by atomic mass is 16.8. The van der Waals surface area contributed by atoms with Crippen molar-refractivity contribution < 1.29 is 14.4 Å². The van der Waals surface area contributed by atoms with Gasteiger partial charge in [-0.25, -0.2) is 9.69 Å². The van der Waals surface area contributed by atoms with Crippen molar-refractivity contribution in [2.45, 2.75) is 25.2 Å². The van der Waals surface area contributed by atoms with E-state index in [1.54, 1.807) is 9.96 Å². The minimum Gasteiger partial charge on any atom is -0.345 e. The number of nitrogens with zero attached hydrogens (tertiary/aromatic N) is 2. The van der Waals surface area contributed by atoms with Gasteiger partial charge in [-0.2, -0.15) is 0 Å². The number of hydrogen-bond acceptors (Lipinski definition) is 4. The number of hydroxylamine groups is 2. The van der Waals surface area contributed by atoms with Crippen LogP contribution in [0.15, 0.2) is 60.7 Å². The Balaban J connectivity index is 1.93. The molecule has 0 aromatic heterocycles. The van der Waals surface area contributed by atoms with E-state index in [1.807, 2.05) is 74.5 Å². The predicted octanol–water partition coefficient (Wildman–Crippen LogP) is 3.48. The highest BCUT2D eigenvalue weighted by molar-refractivity contribution is 5.91. The summed E-state index contributed by atoms with van der Waals surface area (Å²) in [5, 5.41) is 1.67. The lowest BCUT2D eigenvalue weighted by molar-refractivity contribution is -0.210. The van der Waals surface area contributed by atoms with Crippen molar-refractivity contribution in [1.82, 2.24) is 5.06 Å². The Bertz CT molecular complexity index is 732. The van der Waals surface area contributed by atoms with Gasteiger partial charge >= 0.3 is 6.09 Å². The van der Waals surface area contributed by atoms with Crippen LogP contribution in [0, 0.1) is 0 Å². The minimum absolute atomic E-state index is 0.422. The molecule has 4 rings (SSSR count). The second-order valence-corrected chi connectivity index (χ2v) is 6.40. The third-order valence-corrected chi connectivity index (χ3v) is 4.27. The van der Waals surface area contributed by atoms with Gasteiger partial charge in [-0.3, -0.25) is 0 Å². The number of benzene rings is 2. The van der Waals surface area contributed by atoms with Crippen LogP contribution in [-0.4, -0.2) is 23.3 Å². The van der Waals surface area contributed by atoms with Crippen LogP contribution in [0.1, 0.15) is 19.4 Å². The zero-order chi connectivity index (χ0) is 16.1. The lowest BCUT2D eigenvalue weighted by Crippen LogP contribution is -2.52. The fourth-order valence-electron chi connectivity index (χ4n) is 3.23. The zero-order valence-corrected chi connectivity index (χ0v) is 13.1. The molecule has 2 fully saturated rings. The number of ether oxygens (including phenoxy) is 1. The maximum atomic E-state index is 12.6. The molecule has 5 nitrogen and oxygen atoms in total. The fraction of sp³-hybridized carbons (Fsp3) is 0.278. The molecular weight excluding hydrogens is 292 g/mol. The van der Waals surface area contributed by atoms with Crippen molar-refractivity contribution in [3.05, 3.63) is 66.2 Å². The van der Waals surface area contributed by atoms with E-state index in [2.05, 4.69) is 0 Å². The van der Waals surface area contributed by atoms with Gasteiger partial charge in [0.1, 0.15) is 0 Å². The Morgan fingerprint density at radius 2 is 1.57 bits per heavy atom. The van der Waals surface area contributed by atoms with Crippen molar-refractivity contribution in [3.63, 3.8) is 0 Å². The molecule has 2 aromatic rings. The molecule has 5 heteroatoms. The molecule has 2 saturated heterocycles. The summed E-state index contributed by atoms with van der Waals surface area (Å²) in [4.78, 5) is 19.8. The second kappa shape index (κ2) is 4.81. The van der Waals surface area contributed by atoms with Crippen LogP contribution in [0.3, 0.4) is 0 Å². The van der Waals surface area contributed by atoms with Crippen molar-refractivity contribution in [2.75, 3.05) is 11.5 Å². The van der Waals surface area contributed by atoms with Crippen molar-refractivity contribution >= 4 is 11.8 Å². The smallest absolute Gasteiger partial charge is 0.345 e.